The Morgan fingerprint density at radius 3 is 2.62 bits per heavy atom. The van der Waals surface area contributed by atoms with E-state index in [-0.39, 0.29) is 24.3 Å². The van der Waals surface area contributed by atoms with E-state index in [9.17, 15) is 9.59 Å². The Kier molecular flexibility index (Phi) is 5.48. The van der Waals surface area contributed by atoms with Crippen molar-refractivity contribution in [2.24, 2.45) is 29.4 Å². The van der Waals surface area contributed by atoms with Crippen molar-refractivity contribution in [1.29, 1.82) is 0 Å². The first-order chi connectivity index (χ1) is 11.5. The zero-order chi connectivity index (χ0) is 17.3. The molecule has 4 unspecified atom stereocenters. The third-order valence-corrected chi connectivity index (χ3v) is 6.59. The molecule has 1 heterocycles. The lowest BCUT2D eigenvalue weighted by Gasteiger charge is -2.30. The number of carbonyl (C=O) groups is 2. The molecule has 5 heteroatoms. The van der Waals surface area contributed by atoms with Gasteiger partial charge in [0.1, 0.15) is 0 Å². The lowest BCUT2D eigenvalue weighted by molar-refractivity contribution is -0.134. The minimum atomic E-state index is -0.541. The average molecular weight is 335 g/mol. The largest absolute Gasteiger partial charge is 0.346 e. The number of hydrogen-bond donors (Lipinski definition) is 2. The molecule has 0 spiro atoms. The van der Waals surface area contributed by atoms with E-state index in [4.69, 9.17) is 5.73 Å². The Morgan fingerprint density at radius 2 is 2.00 bits per heavy atom. The van der Waals surface area contributed by atoms with Crippen LogP contribution in [-0.2, 0) is 9.59 Å². The van der Waals surface area contributed by atoms with E-state index in [0.717, 1.165) is 37.1 Å². The fourth-order valence-corrected chi connectivity index (χ4v) is 5.11. The molecule has 1 aliphatic heterocycles. The van der Waals surface area contributed by atoms with Crippen LogP contribution < -0.4 is 11.1 Å². The minimum absolute atomic E-state index is 0.0602. The number of amides is 2. The minimum Gasteiger partial charge on any atom is -0.346 e. The molecule has 3 aliphatic rings. The molecule has 5 nitrogen and oxygen atoms in total. The van der Waals surface area contributed by atoms with E-state index < -0.39 is 6.04 Å². The second kappa shape index (κ2) is 7.42. The Hall–Kier alpha value is -1.10. The van der Waals surface area contributed by atoms with Gasteiger partial charge in [0.15, 0.2) is 0 Å². The maximum atomic E-state index is 12.6. The maximum Gasteiger partial charge on any atom is 0.242 e. The molecule has 24 heavy (non-hydrogen) atoms. The number of rotatable bonds is 6. The molecule has 2 amide bonds. The van der Waals surface area contributed by atoms with Crippen LogP contribution in [0.2, 0.25) is 0 Å². The Bertz CT molecular complexity index is 479. The monoisotopic (exact) mass is 335 g/mol. The zero-order valence-corrected chi connectivity index (χ0v) is 15.2. The highest BCUT2D eigenvalue weighted by Crippen LogP contribution is 2.50. The van der Waals surface area contributed by atoms with Gasteiger partial charge in [0.25, 0.3) is 0 Å². The van der Waals surface area contributed by atoms with Gasteiger partial charge < -0.3 is 16.0 Å². The lowest BCUT2D eigenvalue weighted by atomic mass is 9.83. The predicted molar refractivity (Wildman–Crippen MR) is 94.1 cm³/mol. The molecular formula is C19H33N3O2. The van der Waals surface area contributed by atoms with E-state index in [1.807, 2.05) is 18.7 Å². The topological polar surface area (TPSA) is 75.4 Å². The first-order valence-corrected chi connectivity index (χ1v) is 9.78. The summed E-state index contributed by atoms with van der Waals surface area (Å²) in [5.41, 5.74) is 5.83. The number of nitrogens with one attached hydrogen (secondary N) is 1. The van der Waals surface area contributed by atoms with Crippen molar-refractivity contribution in [1.82, 2.24) is 10.2 Å². The Balaban J connectivity index is 1.48. The van der Waals surface area contributed by atoms with Gasteiger partial charge in [-0.2, -0.15) is 0 Å². The Labute approximate surface area is 145 Å². The fourth-order valence-electron chi connectivity index (χ4n) is 5.11. The first kappa shape index (κ1) is 17.7. The molecule has 5 atom stereocenters. The van der Waals surface area contributed by atoms with Gasteiger partial charge in [0.05, 0.1) is 12.6 Å². The van der Waals surface area contributed by atoms with Crippen LogP contribution in [0.1, 0.15) is 58.8 Å². The molecule has 3 rings (SSSR count). The van der Waals surface area contributed by atoms with Crippen molar-refractivity contribution >= 4 is 11.8 Å². The van der Waals surface area contributed by atoms with Gasteiger partial charge >= 0.3 is 0 Å². The molecule has 2 aliphatic carbocycles. The average Bonchev–Trinajstić information content (AvgIpc) is 3.28. The molecule has 0 aromatic rings. The Morgan fingerprint density at radius 1 is 1.21 bits per heavy atom. The van der Waals surface area contributed by atoms with Gasteiger partial charge in [-0.25, -0.2) is 0 Å². The number of carbonyl (C=O) groups excluding carboxylic acids is 2. The molecule has 0 aromatic carbocycles. The van der Waals surface area contributed by atoms with Crippen LogP contribution in [0.4, 0.5) is 0 Å². The quantitative estimate of drug-likeness (QED) is 0.778. The van der Waals surface area contributed by atoms with Crippen LogP contribution in [0.3, 0.4) is 0 Å². The van der Waals surface area contributed by atoms with Gasteiger partial charge in [-0.1, -0.05) is 20.3 Å². The molecule has 0 aromatic heterocycles. The molecule has 3 fully saturated rings. The van der Waals surface area contributed by atoms with E-state index in [1.54, 1.807) is 0 Å². The molecule has 3 N–H and O–H groups in total. The zero-order valence-electron chi connectivity index (χ0n) is 15.2. The van der Waals surface area contributed by atoms with E-state index >= 15 is 0 Å². The van der Waals surface area contributed by atoms with Gasteiger partial charge in [0.2, 0.25) is 11.8 Å². The van der Waals surface area contributed by atoms with Crippen LogP contribution >= 0.6 is 0 Å². The molecule has 0 radical (unpaired) electrons. The standard InChI is InChI=1S/C19H33N3O2/c1-12(2)18(20)19(24)21-11-17(23)22-7-3-4-16(22)10-15-9-13-5-6-14(15)8-13/h12-16,18H,3-11,20H2,1-2H3,(H,21,24)/t13?,14?,15?,16?,18-/m0/s1. The summed E-state index contributed by atoms with van der Waals surface area (Å²) in [5, 5.41) is 2.73. The van der Waals surface area contributed by atoms with Crippen LogP contribution in [0.25, 0.3) is 0 Å². The predicted octanol–water partition coefficient (Wildman–Crippen LogP) is 1.90. The van der Waals surface area contributed by atoms with Crippen LogP contribution in [0, 0.1) is 23.7 Å². The third kappa shape index (κ3) is 3.76. The summed E-state index contributed by atoms with van der Waals surface area (Å²) in [6.45, 7) is 4.76. The summed E-state index contributed by atoms with van der Waals surface area (Å²) in [4.78, 5) is 26.5. The highest BCUT2D eigenvalue weighted by Gasteiger charge is 2.42. The number of nitrogens with two attached hydrogens (primary N) is 1. The van der Waals surface area contributed by atoms with E-state index in [0.29, 0.717) is 6.04 Å². The van der Waals surface area contributed by atoms with Gasteiger partial charge in [-0.05, 0) is 62.2 Å². The summed E-state index contributed by atoms with van der Waals surface area (Å²) in [5.74, 6) is 2.62. The SMILES string of the molecule is CC(C)[C@H](N)C(=O)NCC(=O)N1CCCC1CC1CC2CCC1C2. The summed E-state index contributed by atoms with van der Waals surface area (Å²) in [7, 11) is 0. The lowest BCUT2D eigenvalue weighted by Crippen LogP contribution is -2.48. The third-order valence-electron chi connectivity index (χ3n) is 6.59. The summed E-state index contributed by atoms with van der Waals surface area (Å²) in [6, 6.07) is -0.154. The van der Waals surface area contributed by atoms with E-state index in [2.05, 4.69) is 5.32 Å². The first-order valence-electron chi connectivity index (χ1n) is 9.78. The van der Waals surface area contributed by atoms with Crippen molar-refractivity contribution in [3.63, 3.8) is 0 Å². The number of fused-ring (bicyclic) bond motifs is 2. The maximum absolute atomic E-state index is 12.6. The summed E-state index contributed by atoms with van der Waals surface area (Å²) < 4.78 is 0. The van der Waals surface area contributed by atoms with Gasteiger partial charge in [-0.3, -0.25) is 9.59 Å². The van der Waals surface area contributed by atoms with Crippen LogP contribution in [0.5, 0.6) is 0 Å². The smallest absolute Gasteiger partial charge is 0.242 e. The molecule has 2 saturated carbocycles. The van der Waals surface area contributed by atoms with E-state index in [1.165, 1.54) is 32.1 Å². The number of nitrogens with zero attached hydrogens (tertiary/aromatic N) is 1. The van der Waals surface area contributed by atoms with Crippen molar-refractivity contribution in [2.45, 2.75) is 70.9 Å². The molecule has 136 valence electrons. The second-order valence-corrected chi connectivity index (χ2v) is 8.54. The van der Waals surface area contributed by atoms with Gasteiger partial charge in [-0.15, -0.1) is 0 Å². The fraction of sp³-hybridized carbons (Fsp3) is 0.895. The molecule has 2 bridgehead atoms. The normalized spacial score (nSPS) is 33.2. The number of likely N-dealkylation sites (tertiary alicyclic amines) is 1. The number of hydrogen-bond acceptors (Lipinski definition) is 3. The summed E-state index contributed by atoms with van der Waals surface area (Å²) in [6.07, 6.45) is 9.02. The highest BCUT2D eigenvalue weighted by atomic mass is 16.2. The molecular weight excluding hydrogens is 302 g/mol. The van der Waals surface area contributed by atoms with Crippen molar-refractivity contribution < 1.29 is 9.59 Å². The van der Waals surface area contributed by atoms with Crippen molar-refractivity contribution in [3.8, 4) is 0 Å². The highest BCUT2D eigenvalue weighted by molar-refractivity contribution is 5.87. The van der Waals surface area contributed by atoms with Crippen LogP contribution in [-0.4, -0.2) is 41.9 Å². The van der Waals surface area contributed by atoms with Gasteiger partial charge in [0, 0.05) is 12.6 Å². The van der Waals surface area contributed by atoms with Crippen molar-refractivity contribution in [3.05, 3.63) is 0 Å². The summed E-state index contributed by atoms with van der Waals surface area (Å²) >= 11 is 0. The molecule has 1 saturated heterocycles. The van der Waals surface area contributed by atoms with Crippen molar-refractivity contribution in [2.75, 3.05) is 13.1 Å². The second-order valence-electron chi connectivity index (χ2n) is 8.54. The van der Waals surface area contributed by atoms with Crippen LogP contribution in [0.15, 0.2) is 0 Å².